The Morgan fingerprint density at radius 3 is 2.65 bits per heavy atom. The molecule has 0 unspecified atom stereocenters. The quantitative estimate of drug-likeness (QED) is 0.479. The molecule has 5 heteroatoms. The van der Waals surface area contributed by atoms with Crippen molar-refractivity contribution in [1.82, 2.24) is 0 Å². The molecule has 0 spiro atoms. The van der Waals surface area contributed by atoms with Gasteiger partial charge in [-0.1, -0.05) is 18.9 Å². The second kappa shape index (κ2) is 4.24. The number of anilines is 2. The van der Waals surface area contributed by atoms with E-state index in [0.717, 1.165) is 12.8 Å². The van der Waals surface area contributed by atoms with Crippen LogP contribution >= 0.6 is 0 Å². The van der Waals surface area contributed by atoms with Gasteiger partial charge in [0.25, 0.3) is 0 Å². The van der Waals surface area contributed by atoms with E-state index in [2.05, 4.69) is 12.2 Å². The second-order valence-corrected chi connectivity index (χ2v) is 4.89. The molecule has 0 atom stereocenters. The van der Waals surface area contributed by atoms with Crippen LogP contribution in [0.5, 0.6) is 0 Å². The van der Waals surface area contributed by atoms with Gasteiger partial charge in [-0.3, -0.25) is 10.1 Å². The molecule has 0 radical (unpaired) electrons. The van der Waals surface area contributed by atoms with Crippen molar-refractivity contribution < 1.29 is 4.92 Å². The van der Waals surface area contributed by atoms with Gasteiger partial charge >= 0.3 is 5.69 Å². The van der Waals surface area contributed by atoms with Gasteiger partial charge in [-0.15, -0.1) is 0 Å². The highest BCUT2D eigenvalue weighted by Gasteiger charge is 2.31. The van der Waals surface area contributed by atoms with Gasteiger partial charge in [0.1, 0.15) is 11.4 Å². The number of hydrogen-bond acceptors (Lipinski definition) is 4. The highest BCUT2D eigenvalue weighted by molar-refractivity contribution is 5.74. The summed E-state index contributed by atoms with van der Waals surface area (Å²) in [6.07, 6.45) is 4.41. The SMILES string of the molecule is CC1(Nc2cccc(N)c2[N+](=O)[O-])CCCC1. The van der Waals surface area contributed by atoms with Crippen molar-refractivity contribution in [2.24, 2.45) is 0 Å². The first-order valence-electron chi connectivity index (χ1n) is 5.83. The van der Waals surface area contributed by atoms with Gasteiger partial charge in [-0.2, -0.15) is 0 Å². The number of rotatable bonds is 3. The van der Waals surface area contributed by atoms with Crippen LogP contribution in [-0.4, -0.2) is 10.5 Å². The maximum Gasteiger partial charge on any atom is 0.314 e. The van der Waals surface area contributed by atoms with E-state index < -0.39 is 4.92 Å². The van der Waals surface area contributed by atoms with E-state index in [1.165, 1.54) is 12.8 Å². The first-order valence-corrected chi connectivity index (χ1v) is 5.83. The van der Waals surface area contributed by atoms with E-state index in [9.17, 15) is 10.1 Å². The molecule has 0 saturated heterocycles. The van der Waals surface area contributed by atoms with E-state index in [-0.39, 0.29) is 16.9 Å². The molecule has 92 valence electrons. The molecule has 0 heterocycles. The summed E-state index contributed by atoms with van der Waals surface area (Å²) in [5, 5.41) is 14.3. The van der Waals surface area contributed by atoms with Gasteiger partial charge in [0, 0.05) is 5.54 Å². The Labute approximate surface area is 100 Å². The van der Waals surface area contributed by atoms with Crippen LogP contribution in [0.3, 0.4) is 0 Å². The molecule has 0 bridgehead atoms. The van der Waals surface area contributed by atoms with Crippen LogP contribution < -0.4 is 11.1 Å². The van der Waals surface area contributed by atoms with Gasteiger partial charge in [-0.05, 0) is 31.9 Å². The van der Waals surface area contributed by atoms with Crippen molar-refractivity contribution >= 4 is 17.1 Å². The Hall–Kier alpha value is -1.78. The maximum absolute atomic E-state index is 11.0. The first-order chi connectivity index (χ1) is 8.02. The summed E-state index contributed by atoms with van der Waals surface area (Å²) in [7, 11) is 0. The number of nitrogen functional groups attached to an aromatic ring is 1. The van der Waals surface area contributed by atoms with Crippen molar-refractivity contribution in [3.63, 3.8) is 0 Å². The van der Waals surface area contributed by atoms with E-state index in [4.69, 9.17) is 5.73 Å². The zero-order valence-corrected chi connectivity index (χ0v) is 9.90. The molecule has 5 nitrogen and oxygen atoms in total. The lowest BCUT2D eigenvalue weighted by Crippen LogP contribution is -2.31. The Morgan fingerprint density at radius 2 is 2.06 bits per heavy atom. The highest BCUT2D eigenvalue weighted by Crippen LogP contribution is 2.37. The zero-order valence-electron chi connectivity index (χ0n) is 9.90. The molecule has 0 aliphatic heterocycles. The number of benzene rings is 1. The van der Waals surface area contributed by atoms with Crippen LogP contribution in [-0.2, 0) is 0 Å². The fourth-order valence-corrected chi connectivity index (χ4v) is 2.47. The average Bonchev–Trinajstić information content (AvgIpc) is 2.64. The zero-order chi connectivity index (χ0) is 12.5. The molecule has 17 heavy (non-hydrogen) atoms. The molecule has 0 amide bonds. The van der Waals surface area contributed by atoms with Crippen LogP contribution in [0.15, 0.2) is 18.2 Å². The van der Waals surface area contributed by atoms with Crippen LogP contribution in [0.1, 0.15) is 32.6 Å². The van der Waals surface area contributed by atoms with Crippen molar-refractivity contribution in [1.29, 1.82) is 0 Å². The molecule has 1 saturated carbocycles. The molecular formula is C12H17N3O2. The predicted molar refractivity (Wildman–Crippen MR) is 68.0 cm³/mol. The predicted octanol–water partition coefficient (Wildman–Crippen LogP) is 2.92. The Balaban J connectivity index is 2.32. The number of nitro groups is 1. The summed E-state index contributed by atoms with van der Waals surface area (Å²) >= 11 is 0. The van der Waals surface area contributed by atoms with E-state index >= 15 is 0 Å². The minimum atomic E-state index is -0.421. The molecule has 1 aromatic carbocycles. The van der Waals surface area contributed by atoms with Crippen LogP contribution in [0, 0.1) is 10.1 Å². The van der Waals surface area contributed by atoms with E-state index in [1.54, 1.807) is 18.2 Å². The van der Waals surface area contributed by atoms with Crippen molar-refractivity contribution in [3.8, 4) is 0 Å². The molecule has 3 N–H and O–H groups in total. The fraction of sp³-hybridized carbons (Fsp3) is 0.500. The van der Waals surface area contributed by atoms with Gasteiger partial charge < -0.3 is 11.1 Å². The van der Waals surface area contributed by atoms with Crippen LogP contribution in [0.4, 0.5) is 17.1 Å². The van der Waals surface area contributed by atoms with Gasteiger partial charge in [0.2, 0.25) is 0 Å². The number of para-hydroxylation sites is 1. The Kier molecular flexibility index (Phi) is 2.92. The van der Waals surface area contributed by atoms with Crippen LogP contribution in [0.25, 0.3) is 0 Å². The summed E-state index contributed by atoms with van der Waals surface area (Å²) in [6.45, 7) is 2.10. The number of nitrogens with one attached hydrogen (secondary N) is 1. The summed E-state index contributed by atoms with van der Waals surface area (Å²) < 4.78 is 0. The number of nitro benzene ring substituents is 1. The maximum atomic E-state index is 11.0. The lowest BCUT2D eigenvalue weighted by Gasteiger charge is -2.26. The van der Waals surface area contributed by atoms with E-state index in [1.807, 2.05) is 0 Å². The van der Waals surface area contributed by atoms with Crippen molar-refractivity contribution in [2.45, 2.75) is 38.1 Å². The largest absolute Gasteiger partial charge is 0.393 e. The van der Waals surface area contributed by atoms with Gasteiger partial charge in [-0.25, -0.2) is 0 Å². The third-order valence-electron chi connectivity index (χ3n) is 3.39. The minimum Gasteiger partial charge on any atom is -0.393 e. The van der Waals surface area contributed by atoms with Crippen molar-refractivity contribution in [3.05, 3.63) is 28.3 Å². The Morgan fingerprint density at radius 1 is 1.41 bits per heavy atom. The number of nitrogens with two attached hydrogens (primary N) is 1. The van der Waals surface area contributed by atoms with Gasteiger partial charge in [0.05, 0.1) is 4.92 Å². The summed E-state index contributed by atoms with van der Waals surface area (Å²) in [5.74, 6) is 0. The Bertz CT molecular complexity index is 439. The normalized spacial score (nSPS) is 17.9. The number of hydrogen-bond donors (Lipinski definition) is 2. The van der Waals surface area contributed by atoms with E-state index in [0.29, 0.717) is 5.69 Å². The lowest BCUT2D eigenvalue weighted by atomic mass is 10.00. The first kappa shape index (κ1) is 11.7. The number of nitrogens with zero attached hydrogens (tertiary/aromatic N) is 1. The smallest absolute Gasteiger partial charge is 0.314 e. The average molecular weight is 235 g/mol. The lowest BCUT2D eigenvalue weighted by molar-refractivity contribution is -0.383. The minimum absolute atomic E-state index is 0.0133. The molecule has 0 aromatic heterocycles. The topological polar surface area (TPSA) is 81.2 Å². The standard InChI is InChI=1S/C12H17N3O2/c1-12(7-2-3-8-12)14-10-6-4-5-9(13)11(10)15(16)17/h4-6,14H,2-3,7-8,13H2,1H3. The molecule has 1 aliphatic rings. The van der Waals surface area contributed by atoms with Crippen molar-refractivity contribution in [2.75, 3.05) is 11.1 Å². The fourth-order valence-electron chi connectivity index (χ4n) is 2.47. The summed E-state index contributed by atoms with van der Waals surface area (Å²) in [5.41, 5.74) is 6.34. The van der Waals surface area contributed by atoms with Crippen LogP contribution in [0.2, 0.25) is 0 Å². The molecular weight excluding hydrogens is 218 g/mol. The van der Waals surface area contributed by atoms with Gasteiger partial charge in [0.15, 0.2) is 0 Å². The molecule has 1 aliphatic carbocycles. The summed E-state index contributed by atoms with van der Waals surface area (Å²) in [6, 6.07) is 5.02. The second-order valence-electron chi connectivity index (χ2n) is 4.89. The molecule has 2 rings (SSSR count). The third-order valence-corrected chi connectivity index (χ3v) is 3.39. The molecule has 1 fully saturated rings. The highest BCUT2D eigenvalue weighted by atomic mass is 16.6. The molecule has 1 aromatic rings. The third kappa shape index (κ3) is 2.33. The monoisotopic (exact) mass is 235 g/mol. The summed E-state index contributed by atoms with van der Waals surface area (Å²) in [4.78, 5) is 10.6.